The smallest absolute Gasteiger partial charge is 0.304 e. The number of aromatic nitrogens is 2. The third kappa shape index (κ3) is 2.06. The minimum absolute atomic E-state index is 0.137. The van der Waals surface area contributed by atoms with Crippen molar-refractivity contribution in [2.45, 2.75) is 6.54 Å². The topological polar surface area (TPSA) is 80.9 Å². The number of hydrogen-bond donors (Lipinski definition) is 2. The van der Waals surface area contributed by atoms with Gasteiger partial charge in [-0.3, -0.25) is 14.2 Å². The van der Waals surface area contributed by atoms with Crippen molar-refractivity contribution >= 4 is 27.9 Å². The van der Waals surface area contributed by atoms with Gasteiger partial charge in [-0.15, -0.1) is 0 Å². The van der Waals surface area contributed by atoms with Gasteiger partial charge in [0, 0.05) is 16.5 Å². The molecule has 3 aromatic rings. The van der Waals surface area contributed by atoms with Crippen LogP contribution in [0.3, 0.4) is 0 Å². The Morgan fingerprint density at radius 2 is 2.05 bits per heavy atom. The van der Waals surface area contributed by atoms with Crippen LogP contribution in [-0.4, -0.2) is 9.55 Å². The van der Waals surface area contributed by atoms with Gasteiger partial charge in [0.2, 0.25) is 0 Å². The van der Waals surface area contributed by atoms with Gasteiger partial charge in [-0.2, -0.15) is 0 Å². The molecule has 3 rings (SSSR count). The first-order valence-corrected chi connectivity index (χ1v) is 6.58. The highest BCUT2D eigenvalue weighted by molar-refractivity contribution is 7.07. The van der Waals surface area contributed by atoms with Gasteiger partial charge < -0.3 is 10.7 Å². The lowest BCUT2D eigenvalue weighted by molar-refractivity contribution is 0.761. The summed E-state index contributed by atoms with van der Waals surface area (Å²) in [5.74, 6) is 0.385. The second kappa shape index (κ2) is 4.40. The number of H-pyrrole nitrogens is 1. The van der Waals surface area contributed by atoms with Crippen LogP contribution in [0.5, 0.6) is 0 Å². The first-order chi connectivity index (χ1) is 9.15. The number of fused-ring (bicyclic) bond motifs is 1. The highest BCUT2D eigenvalue weighted by atomic mass is 32.1. The van der Waals surface area contributed by atoms with E-state index in [2.05, 4.69) is 4.98 Å². The monoisotopic (exact) mass is 273 g/mol. The van der Waals surface area contributed by atoms with Gasteiger partial charge in [-0.25, -0.2) is 0 Å². The summed E-state index contributed by atoms with van der Waals surface area (Å²) in [6.07, 6.45) is 0. The summed E-state index contributed by atoms with van der Waals surface area (Å²) in [6, 6.07) is 9.06. The summed E-state index contributed by atoms with van der Waals surface area (Å²) in [5.41, 5.74) is 6.45. The zero-order valence-electron chi connectivity index (χ0n) is 9.92. The summed E-state index contributed by atoms with van der Waals surface area (Å²) >= 11 is 1.07. The van der Waals surface area contributed by atoms with E-state index in [9.17, 15) is 9.59 Å². The molecular weight excluding hydrogens is 262 g/mol. The molecule has 0 unspecified atom stereocenters. The van der Waals surface area contributed by atoms with Gasteiger partial charge in [0.1, 0.15) is 5.82 Å². The number of pyridine rings is 1. The molecule has 2 aromatic heterocycles. The van der Waals surface area contributed by atoms with E-state index in [1.165, 1.54) is 4.57 Å². The molecule has 0 spiro atoms. The Morgan fingerprint density at radius 3 is 2.79 bits per heavy atom. The van der Waals surface area contributed by atoms with Crippen LogP contribution in [0.1, 0.15) is 5.69 Å². The van der Waals surface area contributed by atoms with Crippen LogP contribution in [0.2, 0.25) is 0 Å². The summed E-state index contributed by atoms with van der Waals surface area (Å²) in [6.45, 7) is 0.272. The van der Waals surface area contributed by atoms with Crippen LogP contribution in [0.4, 0.5) is 5.82 Å². The molecule has 3 N–H and O–H groups in total. The maximum Gasteiger partial charge on any atom is 0.304 e. The quantitative estimate of drug-likeness (QED) is 0.740. The average molecular weight is 273 g/mol. The third-order valence-corrected chi connectivity index (χ3v) is 3.67. The predicted octanol–water partition coefficient (Wildman–Crippen LogP) is 1.38. The van der Waals surface area contributed by atoms with E-state index in [0.717, 1.165) is 16.7 Å². The van der Waals surface area contributed by atoms with Crippen LogP contribution in [0, 0.1) is 0 Å². The average Bonchev–Trinajstić information content (AvgIpc) is 2.80. The lowest BCUT2D eigenvalue weighted by atomic mass is 10.1. The highest BCUT2D eigenvalue weighted by Gasteiger charge is 2.08. The van der Waals surface area contributed by atoms with Crippen molar-refractivity contribution in [2.75, 3.05) is 5.73 Å². The Kier molecular flexibility index (Phi) is 2.72. The maximum atomic E-state index is 12.4. The Balaban J connectivity index is 2.18. The fourth-order valence-electron chi connectivity index (χ4n) is 2.04. The molecule has 2 heterocycles. The minimum atomic E-state index is -0.150. The van der Waals surface area contributed by atoms with Crippen LogP contribution >= 0.6 is 11.3 Å². The number of nitrogen functional groups attached to an aromatic ring is 1. The minimum Gasteiger partial charge on any atom is -0.385 e. The van der Waals surface area contributed by atoms with Crippen LogP contribution in [0.15, 0.2) is 45.3 Å². The van der Waals surface area contributed by atoms with Gasteiger partial charge in [0.25, 0.3) is 5.56 Å². The van der Waals surface area contributed by atoms with Crippen molar-refractivity contribution in [1.82, 2.24) is 9.55 Å². The van der Waals surface area contributed by atoms with E-state index in [1.807, 2.05) is 18.2 Å². The number of nitrogens with one attached hydrogen (secondary N) is 1. The zero-order chi connectivity index (χ0) is 13.4. The van der Waals surface area contributed by atoms with E-state index in [0.29, 0.717) is 16.9 Å². The lowest BCUT2D eigenvalue weighted by Crippen LogP contribution is -2.24. The molecule has 0 amide bonds. The normalized spacial score (nSPS) is 10.9. The van der Waals surface area contributed by atoms with E-state index in [4.69, 9.17) is 5.73 Å². The van der Waals surface area contributed by atoms with Crippen LogP contribution in [0.25, 0.3) is 10.8 Å². The molecule has 5 nitrogen and oxygen atoms in total. The van der Waals surface area contributed by atoms with Gasteiger partial charge in [-0.05, 0) is 17.5 Å². The second-order valence-electron chi connectivity index (χ2n) is 4.22. The summed E-state index contributed by atoms with van der Waals surface area (Å²) in [4.78, 5) is 26.0. The first kappa shape index (κ1) is 11.7. The van der Waals surface area contributed by atoms with Crippen molar-refractivity contribution in [2.24, 2.45) is 0 Å². The maximum absolute atomic E-state index is 12.4. The predicted molar refractivity (Wildman–Crippen MR) is 76.7 cm³/mol. The van der Waals surface area contributed by atoms with Crippen LogP contribution < -0.4 is 16.2 Å². The highest BCUT2D eigenvalue weighted by Crippen LogP contribution is 2.14. The first-order valence-electron chi connectivity index (χ1n) is 5.70. The van der Waals surface area contributed by atoms with E-state index < -0.39 is 0 Å². The number of nitrogens with zero attached hydrogens (tertiary/aromatic N) is 1. The summed E-state index contributed by atoms with van der Waals surface area (Å²) in [7, 11) is 0. The Labute approximate surface area is 111 Å². The fraction of sp³-hybridized carbons (Fsp3) is 0.0769. The Morgan fingerprint density at radius 1 is 1.26 bits per heavy atom. The largest absolute Gasteiger partial charge is 0.385 e. The number of anilines is 1. The molecular formula is C13H11N3O2S. The fourth-order valence-corrected chi connectivity index (χ4v) is 2.62. The molecule has 0 fully saturated rings. The van der Waals surface area contributed by atoms with E-state index >= 15 is 0 Å². The van der Waals surface area contributed by atoms with Gasteiger partial charge in [-0.1, -0.05) is 29.5 Å². The molecule has 6 heteroatoms. The van der Waals surface area contributed by atoms with Crippen molar-refractivity contribution in [3.05, 3.63) is 61.4 Å². The molecule has 19 heavy (non-hydrogen) atoms. The van der Waals surface area contributed by atoms with E-state index in [-0.39, 0.29) is 17.0 Å². The van der Waals surface area contributed by atoms with Crippen molar-refractivity contribution in [1.29, 1.82) is 0 Å². The number of aromatic amines is 1. The van der Waals surface area contributed by atoms with Crippen molar-refractivity contribution in [3.63, 3.8) is 0 Å². The molecule has 0 saturated carbocycles. The molecule has 0 radical (unpaired) electrons. The molecule has 0 saturated heterocycles. The molecule has 96 valence electrons. The zero-order valence-corrected chi connectivity index (χ0v) is 10.7. The van der Waals surface area contributed by atoms with Crippen molar-refractivity contribution < 1.29 is 0 Å². The standard InChI is InChI=1S/C13H11N3O2S/c14-11-5-8-3-1-2-4-10(8)12(17)16(11)6-9-7-19-13(18)15-9/h1-5,7H,6,14H2,(H,15,18). The number of nitrogens with two attached hydrogens (primary N) is 1. The van der Waals surface area contributed by atoms with Gasteiger partial charge in [0.15, 0.2) is 0 Å². The van der Waals surface area contributed by atoms with Gasteiger partial charge in [0.05, 0.1) is 6.54 Å². The summed E-state index contributed by atoms with van der Waals surface area (Å²) < 4.78 is 1.46. The summed E-state index contributed by atoms with van der Waals surface area (Å²) in [5, 5.41) is 3.14. The Hall–Kier alpha value is -2.34. The molecule has 1 aromatic carbocycles. The van der Waals surface area contributed by atoms with Gasteiger partial charge >= 0.3 is 4.87 Å². The van der Waals surface area contributed by atoms with E-state index in [1.54, 1.807) is 17.5 Å². The third-order valence-electron chi connectivity index (χ3n) is 2.95. The molecule has 0 aliphatic carbocycles. The second-order valence-corrected chi connectivity index (χ2v) is 5.06. The number of thiazole rings is 1. The number of rotatable bonds is 2. The van der Waals surface area contributed by atoms with Crippen molar-refractivity contribution in [3.8, 4) is 0 Å². The number of benzene rings is 1. The lowest BCUT2D eigenvalue weighted by Gasteiger charge is -2.10. The Bertz CT molecular complexity index is 860. The van der Waals surface area contributed by atoms with Crippen LogP contribution in [-0.2, 0) is 6.54 Å². The molecule has 0 atom stereocenters. The SMILES string of the molecule is Nc1cc2ccccc2c(=O)n1Cc1csc(=O)[nH]1. The molecule has 0 aliphatic rings. The number of hydrogen-bond acceptors (Lipinski definition) is 4. The molecule has 0 aliphatic heterocycles. The molecule has 0 bridgehead atoms.